The van der Waals surface area contributed by atoms with E-state index in [1.807, 2.05) is 6.92 Å². The van der Waals surface area contributed by atoms with Crippen LogP contribution in [0.1, 0.15) is 23.7 Å². The molecule has 0 bridgehead atoms. The number of nitrogens with two attached hydrogens (primary N) is 1. The lowest BCUT2D eigenvalue weighted by Crippen LogP contribution is -2.14. The Morgan fingerprint density at radius 3 is 2.75 bits per heavy atom. The van der Waals surface area contributed by atoms with E-state index in [9.17, 15) is 14.9 Å². The molecule has 0 heterocycles. The van der Waals surface area contributed by atoms with Crippen LogP contribution in [-0.4, -0.2) is 17.4 Å². The van der Waals surface area contributed by atoms with E-state index >= 15 is 0 Å². The van der Waals surface area contributed by atoms with Gasteiger partial charge in [-0.15, -0.1) is 0 Å². The van der Waals surface area contributed by atoms with Crippen LogP contribution < -0.4 is 11.1 Å². The van der Waals surface area contributed by atoms with Gasteiger partial charge in [-0.25, -0.2) is 0 Å². The van der Waals surface area contributed by atoms with Gasteiger partial charge in [-0.3, -0.25) is 14.9 Å². The van der Waals surface area contributed by atoms with Gasteiger partial charge in [0.2, 0.25) is 0 Å². The van der Waals surface area contributed by atoms with E-state index in [0.717, 1.165) is 13.0 Å². The molecule has 86 valence electrons. The zero-order chi connectivity index (χ0) is 12.1. The Morgan fingerprint density at radius 1 is 1.56 bits per heavy atom. The molecule has 0 spiro atoms. The average molecular weight is 223 g/mol. The summed E-state index contributed by atoms with van der Waals surface area (Å²) in [6, 6.07) is 4.23. The van der Waals surface area contributed by atoms with Gasteiger partial charge in [0.05, 0.1) is 4.92 Å². The highest BCUT2D eigenvalue weighted by molar-refractivity contribution is 5.97. The van der Waals surface area contributed by atoms with E-state index in [0.29, 0.717) is 5.69 Å². The van der Waals surface area contributed by atoms with Crippen molar-refractivity contribution >= 4 is 17.3 Å². The molecular weight excluding hydrogens is 210 g/mol. The van der Waals surface area contributed by atoms with Gasteiger partial charge in [0, 0.05) is 18.3 Å². The van der Waals surface area contributed by atoms with Crippen LogP contribution in [0.25, 0.3) is 0 Å². The Balaban J connectivity index is 3.07. The number of hydrogen-bond acceptors (Lipinski definition) is 4. The topological polar surface area (TPSA) is 98.3 Å². The Kier molecular flexibility index (Phi) is 3.82. The van der Waals surface area contributed by atoms with Crippen molar-refractivity contribution in [3.63, 3.8) is 0 Å². The Morgan fingerprint density at radius 2 is 2.25 bits per heavy atom. The first-order valence-electron chi connectivity index (χ1n) is 4.88. The van der Waals surface area contributed by atoms with Crippen LogP contribution in [0.2, 0.25) is 0 Å². The molecule has 1 aromatic rings. The Hall–Kier alpha value is -2.11. The highest BCUT2D eigenvalue weighted by Gasteiger charge is 2.18. The Bertz CT molecular complexity index is 418. The van der Waals surface area contributed by atoms with Crippen molar-refractivity contribution < 1.29 is 9.72 Å². The molecule has 1 amide bonds. The summed E-state index contributed by atoms with van der Waals surface area (Å²) in [5.74, 6) is -0.799. The van der Waals surface area contributed by atoms with Crippen LogP contribution >= 0.6 is 0 Å². The molecule has 3 N–H and O–H groups in total. The van der Waals surface area contributed by atoms with Gasteiger partial charge in [-0.05, 0) is 18.6 Å². The molecule has 0 aliphatic heterocycles. The van der Waals surface area contributed by atoms with Gasteiger partial charge in [0.1, 0.15) is 5.56 Å². The van der Waals surface area contributed by atoms with Crippen molar-refractivity contribution in [3.8, 4) is 0 Å². The lowest BCUT2D eigenvalue weighted by atomic mass is 10.1. The molecule has 6 nitrogen and oxygen atoms in total. The van der Waals surface area contributed by atoms with E-state index < -0.39 is 10.8 Å². The number of nitrogens with one attached hydrogen (secondary N) is 1. The minimum atomic E-state index is -0.799. The van der Waals surface area contributed by atoms with Gasteiger partial charge >= 0.3 is 0 Å². The van der Waals surface area contributed by atoms with Crippen LogP contribution in [-0.2, 0) is 0 Å². The third kappa shape index (κ3) is 2.69. The molecule has 0 fully saturated rings. The van der Waals surface area contributed by atoms with Gasteiger partial charge in [0.25, 0.3) is 11.6 Å². The van der Waals surface area contributed by atoms with E-state index in [4.69, 9.17) is 5.73 Å². The van der Waals surface area contributed by atoms with Crippen LogP contribution in [0, 0.1) is 10.1 Å². The molecule has 6 heteroatoms. The van der Waals surface area contributed by atoms with Gasteiger partial charge < -0.3 is 11.1 Å². The molecule has 0 saturated carbocycles. The Labute approximate surface area is 92.6 Å². The highest BCUT2D eigenvalue weighted by Crippen LogP contribution is 2.22. The monoisotopic (exact) mass is 223 g/mol. The number of primary amides is 1. The van der Waals surface area contributed by atoms with Crippen LogP contribution in [0.4, 0.5) is 11.4 Å². The van der Waals surface area contributed by atoms with Crippen molar-refractivity contribution in [2.75, 3.05) is 11.9 Å². The summed E-state index contributed by atoms with van der Waals surface area (Å²) < 4.78 is 0. The molecule has 0 aromatic heterocycles. The van der Waals surface area contributed by atoms with Gasteiger partial charge in [-0.2, -0.15) is 0 Å². The van der Waals surface area contributed by atoms with Crippen LogP contribution in [0.15, 0.2) is 18.2 Å². The summed E-state index contributed by atoms with van der Waals surface area (Å²) in [7, 11) is 0. The molecule has 1 rings (SSSR count). The van der Waals surface area contributed by atoms with Crippen molar-refractivity contribution in [2.45, 2.75) is 13.3 Å². The summed E-state index contributed by atoms with van der Waals surface area (Å²) in [6.07, 6.45) is 0.920. The molecule has 1 aromatic carbocycles. The predicted molar refractivity (Wildman–Crippen MR) is 60.4 cm³/mol. The van der Waals surface area contributed by atoms with Crippen LogP contribution in [0.5, 0.6) is 0 Å². The lowest BCUT2D eigenvalue weighted by Gasteiger charge is -2.06. The second-order valence-electron chi connectivity index (χ2n) is 3.28. The number of nitrogens with zero attached hydrogens (tertiary/aromatic N) is 1. The molecule has 0 atom stereocenters. The fourth-order valence-electron chi connectivity index (χ4n) is 1.27. The fraction of sp³-hybridized carbons (Fsp3) is 0.300. The first-order chi connectivity index (χ1) is 7.56. The van der Waals surface area contributed by atoms with Crippen molar-refractivity contribution in [2.24, 2.45) is 5.73 Å². The standard InChI is InChI=1S/C10H13N3O3/c1-2-5-12-7-3-4-9(13(15)16)8(6-7)10(11)14/h3-4,6,12H,2,5H2,1H3,(H2,11,14). The molecular formula is C10H13N3O3. The third-order valence-corrected chi connectivity index (χ3v) is 2.04. The first kappa shape index (κ1) is 12.0. The highest BCUT2D eigenvalue weighted by atomic mass is 16.6. The summed E-state index contributed by atoms with van der Waals surface area (Å²) in [5.41, 5.74) is 5.39. The lowest BCUT2D eigenvalue weighted by molar-refractivity contribution is -0.385. The quantitative estimate of drug-likeness (QED) is 0.584. The third-order valence-electron chi connectivity index (χ3n) is 2.04. The number of anilines is 1. The number of carbonyl (C=O) groups is 1. The van der Waals surface area contributed by atoms with E-state index in [1.54, 1.807) is 6.07 Å². The second kappa shape index (κ2) is 5.11. The summed E-state index contributed by atoms with van der Waals surface area (Å²) >= 11 is 0. The van der Waals surface area contributed by atoms with Gasteiger partial charge in [0.15, 0.2) is 0 Å². The molecule has 16 heavy (non-hydrogen) atoms. The maximum absolute atomic E-state index is 11.0. The van der Waals surface area contributed by atoms with Crippen LogP contribution in [0.3, 0.4) is 0 Å². The molecule has 0 unspecified atom stereocenters. The minimum absolute atomic E-state index is 0.0777. The normalized spacial score (nSPS) is 9.81. The first-order valence-corrected chi connectivity index (χ1v) is 4.88. The minimum Gasteiger partial charge on any atom is -0.385 e. The number of hydrogen-bond donors (Lipinski definition) is 2. The average Bonchev–Trinajstić information content (AvgIpc) is 2.25. The summed E-state index contributed by atoms with van der Waals surface area (Å²) in [6.45, 7) is 2.73. The van der Waals surface area contributed by atoms with Gasteiger partial charge in [-0.1, -0.05) is 6.92 Å². The second-order valence-corrected chi connectivity index (χ2v) is 3.28. The maximum Gasteiger partial charge on any atom is 0.282 e. The molecule has 0 saturated heterocycles. The fourth-order valence-corrected chi connectivity index (χ4v) is 1.27. The zero-order valence-electron chi connectivity index (χ0n) is 8.90. The number of amides is 1. The predicted octanol–water partition coefficient (Wildman–Crippen LogP) is 1.52. The zero-order valence-corrected chi connectivity index (χ0v) is 8.90. The smallest absolute Gasteiger partial charge is 0.282 e. The van der Waals surface area contributed by atoms with E-state index in [2.05, 4.69) is 5.32 Å². The summed E-state index contributed by atoms with van der Waals surface area (Å²) in [5, 5.41) is 13.7. The number of nitro benzene ring substituents is 1. The molecule has 0 radical (unpaired) electrons. The number of benzene rings is 1. The largest absolute Gasteiger partial charge is 0.385 e. The molecule has 0 aliphatic carbocycles. The van der Waals surface area contributed by atoms with E-state index in [1.165, 1.54) is 12.1 Å². The van der Waals surface area contributed by atoms with Crippen molar-refractivity contribution in [1.29, 1.82) is 0 Å². The number of rotatable bonds is 5. The number of nitro groups is 1. The maximum atomic E-state index is 11.0. The number of carbonyl (C=O) groups excluding carboxylic acids is 1. The SMILES string of the molecule is CCCNc1ccc([N+](=O)[O-])c(C(N)=O)c1. The van der Waals surface area contributed by atoms with E-state index in [-0.39, 0.29) is 11.3 Å². The molecule has 0 aliphatic rings. The summed E-state index contributed by atoms with van der Waals surface area (Å²) in [4.78, 5) is 21.0. The van der Waals surface area contributed by atoms with Crippen molar-refractivity contribution in [1.82, 2.24) is 0 Å². The van der Waals surface area contributed by atoms with Crippen molar-refractivity contribution in [3.05, 3.63) is 33.9 Å².